The first kappa shape index (κ1) is 14.9. The van der Waals surface area contributed by atoms with Crippen LogP contribution in [0, 0.1) is 0 Å². The van der Waals surface area contributed by atoms with E-state index in [2.05, 4.69) is 6.92 Å². The summed E-state index contributed by atoms with van der Waals surface area (Å²) >= 11 is 0. The van der Waals surface area contributed by atoms with Crippen molar-refractivity contribution in [3.63, 3.8) is 0 Å². The molecule has 1 aliphatic heterocycles. The highest BCUT2D eigenvalue weighted by Crippen LogP contribution is 2.11. The standard InChI is InChI=1S/C12H22N2O4/c1-2-3-4-10(13)12(17)14-5-6-18-9(8-14)7-11(15)16/h9-10H,2-8,13H2,1H3,(H,15,16)/t9?,10-/m0/s1. The van der Waals surface area contributed by atoms with E-state index in [0.717, 1.165) is 12.8 Å². The van der Waals surface area contributed by atoms with Gasteiger partial charge in [0, 0.05) is 13.1 Å². The minimum absolute atomic E-state index is 0.0754. The second-order valence-electron chi connectivity index (χ2n) is 4.62. The number of carbonyl (C=O) groups is 2. The van der Waals surface area contributed by atoms with Gasteiger partial charge in [-0.25, -0.2) is 0 Å². The summed E-state index contributed by atoms with van der Waals surface area (Å²) in [4.78, 5) is 24.3. The maximum Gasteiger partial charge on any atom is 0.306 e. The molecule has 1 fully saturated rings. The highest BCUT2D eigenvalue weighted by atomic mass is 16.5. The van der Waals surface area contributed by atoms with Gasteiger partial charge in [-0.05, 0) is 6.42 Å². The van der Waals surface area contributed by atoms with Gasteiger partial charge in [0.25, 0.3) is 0 Å². The van der Waals surface area contributed by atoms with E-state index >= 15 is 0 Å². The van der Waals surface area contributed by atoms with Crippen LogP contribution in [-0.4, -0.2) is 53.7 Å². The van der Waals surface area contributed by atoms with Crippen LogP contribution in [0.1, 0.15) is 32.6 Å². The fourth-order valence-corrected chi connectivity index (χ4v) is 2.02. The summed E-state index contributed by atoms with van der Waals surface area (Å²) in [7, 11) is 0. The monoisotopic (exact) mass is 258 g/mol. The molecule has 3 N–H and O–H groups in total. The van der Waals surface area contributed by atoms with E-state index in [1.54, 1.807) is 4.90 Å². The van der Waals surface area contributed by atoms with E-state index in [1.807, 2.05) is 0 Å². The summed E-state index contributed by atoms with van der Waals surface area (Å²) in [5, 5.41) is 8.71. The molecular formula is C12H22N2O4. The van der Waals surface area contributed by atoms with Gasteiger partial charge in [0.2, 0.25) is 5.91 Å². The Morgan fingerprint density at radius 2 is 2.28 bits per heavy atom. The molecule has 0 saturated carbocycles. The molecule has 0 spiro atoms. The molecule has 1 amide bonds. The van der Waals surface area contributed by atoms with Gasteiger partial charge in [-0.2, -0.15) is 0 Å². The number of aliphatic carboxylic acids is 1. The first-order valence-electron chi connectivity index (χ1n) is 6.42. The van der Waals surface area contributed by atoms with Crippen molar-refractivity contribution in [1.82, 2.24) is 4.90 Å². The van der Waals surface area contributed by atoms with Crippen LogP contribution >= 0.6 is 0 Å². The summed E-state index contributed by atoms with van der Waals surface area (Å²) in [5.74, 6) is -1.01. The van der Waals surface area contributed by atoms with Crippen LogP contribution in [0.2, 0.25) is 0 Å². The van der Waals surface area contributed by atoms with Crippen molar-refractivity contribution < 1.29 is 19.4 Å². The summed E-state index contributed by atoms with van der Waals surface area (Å²) in [6.45, 7) is 3.25. The number of carboxylic acid groups (broad SMARTS) is 1. The molecule has 0 aromatic carbocycles. The lowest BCUT2D eigenvalue weighted by molar-refractivity contribution is -0.148. The van der Waals surface area contributed by atoms with Crippen molar-refractivity contribution >= 4 is 11.9 Å². The molecule has 18 heavy (non-hydrogen) atoms. The number of hydrogen-bond acceptors (Lipinski definition) is 4. The minimum Gasteiger partial charge on any atom is -0.481 e. The number of unbranched alkanes of at least 4 members (excludes halogenated alkanes) is 1. The highest BCUT2D eigenvalue weighted by molar-refractivity contribution is 5.81. The number of nitrogens with two attached hydrogens (primary N) is 1. The van der Waals surface area contributed by atoms with Gasteiger partial charge in [0.15, 0.2) is 0 Å². The van der Waals surface area contributed by atoms with Gasteiger partial charge in [-0.3, -0.25) is 9.59 Å². The fourth-order valence-electron chi connectivity index (χ4n) is 2.02. The van der Waals surface area contributed by atoms with Gasteiger partial charge in [-0.1, -0.05) is 19.8 Å². The number of hydrogen-bond donors (Lipinski definition) is 2. The quantitative estimate of drug-likeness (QED) is 0.710. The predicted molar refractivity (Wildman–Crippen MR) is 66.1 cm³/mol. The lowest BCUT2D eigenvalue weighted by Gasteiger charge is -2.33. The van der Waals surface area contributed by atoms with Gasteiger partial charge in [0.05, 0.1) is 25.2 Å². The van der Waals surface area contributed by atoms with Gasteiger partial charge >= 0.3 is 5.97 Å². The number of nitrogens with zero attached hydrogens (tertiary/aromatic N) is 1. The van der Waals surface area contributed by atoms with E-state index in [9.17, 15) is 9.59 Å². The van der Waals surface area contributed by atoms with Gasteiger partial charge < -0.3 is 20.5 Å². The first-order chi connectivity index (χ1) is 8.54. The SMILES string of the molecule is CCCC[C@H](N)C(=O)N1CCOC(CC(=O)O)C1. The van der Waals surface area contributed by atoms with Crippen LogP contribution < -0.4 is 5.73 Å². The molecule has 2 atom stereocenters. The van der Waals surface area contributed by atoms with Crippen LogP contribution in [0.5, 0.6) is 0 Å². The maximum absolute atomic E-state index is 12.0. The van der Waals surface area contributed by atoms with E-state index in [-0.39, 0.29) is 12.3 Å². The van der Waals surface area contributed by atoms with E-state index in [4.69, 9.17) is 15.6 Å². The molecular weight excluding hydrogens is 236 g/mol. The lowest BCUT2D eigenvalue weighted by Crippen LogP contribution is -2.51. The predicted octanol–water partition coefficient (Wildman–Crippen LogP) is 0.206. The highest BCUT2D eigenvalue weighted by Gasteiger charge is 2.28. The largest absolute Gasteiger partial charge is 0.481 e. The second kappa shape index (κ2) is 7.33. The molecule has 1 saturated heterocycles. The Hall–Kier alpha value is -1.14. The van der Waals surface area contributed by atoms with E-state index in [1.165, 1.54) is 0 Å². The summed E-state index contributed by atoms with van der Waals surface area (Å²) in [6, 6.07) is -0.478. The zero-order valence-corrected chi connectivity index (χ0v) is 10.8. The number of morpholine rings is 1. The Bertz CT molecular complexity index is 296. The van der Waals surface area contributed by atoms with E-state index < -0.39 is 18.1 Å². The third kappa shape index (κ3) is 4.62. The average molecular weight is 258 g/mol. The molecule has 0 radical (unpaired) electrons. The Morgan fingerprint density at radius 1 is 1.56 bits per heavy atom. The first-order valence-corrected chi connectivity index (χ1v) is 6.42. The molecule has 1 heterocycles. The van der Waals surface area contributed by atoms with Crippen molar-refractivity contribution in [3.05, 3.63) is 0 Å². The molecule has 6 nitrogen and oxygen atoms in total. The van der Waals surface area contributed by atoms with Crippen molar-refractivity contribution in [3.8, 4) is 0 Å². The molecule has 1 rings (SSSR count). The smallest absolute Gasteiger partial charge is 0.306 e. The molecule has 0 aromatic heterocycles. The molecule has 0 aromatic rings. The number of ether oxygens (including phenoxy) is 1. The normalized spacial score (nSPS) is 21.7. The molecule has 0 aliphatic carbocycles. The molecule has 0 bridgehead atoms. The zero-order valence-electron chi connectivity index (χ0n) is 10.8. The molecule has 1 aliphatic rings. The van der Waals surface area contributed by atoms with Gasteiger partial charge in [0.1, 0.15) is 0 Å². The average Bonchev–Trinajstić information content (AvgIpc) is 2.34. The Morgan fingerprint density at radius 3 is 2.89 bits per heavy atom. The van der Waals surface area contributed by atoms with Crippen LogP contribution in [0.25, 0.3) is 0 Å². The van der Waals surface area contributed by atoms with Crippen LogP contribution in [-0.2, 0) is 14.3 Å². The van der Waals surface area contributed by atoms with Crippen molar-refractivity contribution in [2.45, 2.75) is 44.8 Å². The molecule has 104 valence electrons. The number of carboxylic acids is 1. The van der Waals surface area contributed by atoms with Gasteiger partial charge in [-0.15, -0.1) is 0 Å². The van der Waals surface area contributed by atoms with Crippen LogP contribution in [0.15, 0.2) is 0 Å². The van der Waals surface area contributed by atoms with E-state index in [0.29, 0.717) is 26.1 Å². The summed E-state index contributed by atoms with van der Waals surface area (Å²) < 4.78 is 5.31. The topological polar surface area (TPSA) is 92.9 Å². The maximum atomic E-state index is 12.0. The Balaban J connectivity index is 2.44. The minimum atomic E-state index is -0.912. The van der Waals surface area contributed by atoms with Crippen molar-refractivity contribution in [1.29, 1.82) is 0 Å². The number of carbonyl (C=O) groups excluding carboxylic acids is 1. The van der Waals surface area contributed by atoms with Crippen molar-refractivity contribution in [2.24, 2.45) is 5.73 Å². The number of amides is 1. The van der Waals surface area contributed by atoms with Crippen LogP contribution in [0.4, 0.5) is 0 Å². The Labute approximate surface area is 107 Å². The summed E-state index contributed by atoms with van der Waals surface area (Å²) in [5.41, 5.74) is 5.83. The molecule has 6 heteroatoms. The molecule has 1 unspecified atom stereocenters. The lowest BCUT2D eigenvalue weighted by atomic mass is 10.1. The summed E-state index contributed by atoms with van der Waals surface area (Å²) in [6.07, 6.45) is 2.12. The number of rotatable bonds is 6. The van der Waals surface area contributed by atoms with Crippen LogP contribution in [0.3, 0.4) is 0 Å². The van der Waals surface area contributed by atoms with Crippen molar-refractivity contribution in [2.75, 3.05) is 19.7 Å². The second-order valence-corrected chi connectivity index (χ2v) is 4.62. The third-order valence-corrected chi connectivity index (χ3v) is 3.04. The Kier molecular flexibility index (Phi) is 6.07. The zero-order chi connectivity index (χ0) is 13.5. The third-order valence-electron chi connectivity index (χ3n) is 3.04. The fraction of sp³-hybridized carbons (Fsp3) is 0.833.